The summed E-state index contributed by atoms with van der Waals surface area (Å²) in [5.74, 6) is -0.105. The SMILES string of the molecule is Cc1cc(N2CCN(C)CC2)ccc1NC(=O)c1cc(-c2ccccc2)no1. The van der Waals surface area contributed by atoms with Gasteiger partial charge in [-0.25, -0.2) is 0 Å². The normalized spacial score (nSPS) is 14.9. The number of amides is 1. The number of carbonyl (C=O) groups is 1. The molecule has 0 aliphatic carbocycles. The zero-order valence-electron chi connectivity index (χ0n) is 16.2. The van der Waals surface area contributed by atoms with Gasteiger partial charge in [0.2, 0.25) is 5.76 Å². The molecule has 2 aromatic carbocycles. The topological polar surface area (TPSA) is 61.6 Å². The molecular formula is C22H24N4O2. The number of likely N-dealkylation sites (N-methyl/N-ethyl adjacent to an activating group) is 1. The Kier molecular flexibility index (Phi) is 5.12. The molecule has 6 nitrogen and oxygen atoms in total. The minimum absolute atomic E-state index is 0.196. The lowest BCUT2D eigenvalue weighted by Crippen LogP contribution is -2.44. The number of piperazine rings is 1. The zero-order valence-corrected chi connectivity index (χ0v) is 16.2. The summed E-state index contributed by atoms with van der Waals surface area (Å²) in [7, 11) is 2.15. The highest BCUT2D eigenvalue weighted by atomic mass is 16.5. The van der Waals surface area contributed by atoms with E-state index in [4.69, 9.17) is 4.52 Å². The van der Waals surface area contributed by atoms with Crippen molar-refractivity contribution >= 4 is 17.3 Å². The van der Waals surface area contributed by atoms with Crippen LogP contribution in [0.2, 0.25) is 0 Å². The molecule has 28 heavy (non-hydrogen) atoms. The van der Waals surface area contributed by atoms with Crippen molar-refractivity contribution in [1.29, 1.82) is 0 Å². The minimum atomic E-state index is -0.301. The molecule has 0 unspecified atom stereocenters. The van der Waals surface area contributed by atoms with Gasteiger partial charge in [-0.2, -0.15) is 0 Å². The molecule has 0 bridgehead atoms. The summed E-state index contributed by atoms with van der Waals surface area (Å²) >= 11 is 0. The molecule has 1 fully saturated rings. The lowest BCUT2D eigenvalue weighted by atomic mass is 10.1. The standard InChI is InChI=1S/C22H24N4O2/c1-16-14-18(26-12-10-25(2)11-13-26)8-9-19(16)23-22(27)21-15-20(24-28-21)17-6-4-3-5-7-17/h3-9,14-15H,10-13H2,1-2H3,(H,23,27). The van der Waals surface area contributed by atoms with Crippen LogP contribution in [0.4, 0.5) is 11.4 Å². The zero-order chi connectivity index (χ0) is 19.5. The Hall–Kier alpha value is -3.12. The van der Waals surface area contributed by atoms with Gasteiger partial charge in [0.05, 0.1) is 0 Å². The predicted octanol–water partition coefficient (Wildman–Crippen LogP) is 3.65. The van der Waals surface area contributed by atoms with Crippen molar-refractivity contribution in [3.05, 3.63) is 65.9 Å². The third-order valence-electron chi connectivity index (χ3n) is 5.13. The molecule has 6 heteroatoms. The van der Waals surface area contributed by atoms with Gasteiger partial charge in [-0.3, -0.25) is 4.79 Å². The van der Waals surface area contributed by atoms with E-state index in [1.54, 1.807) is 6.07 Å². The van der Waals surface area contributed by atoms with E-state index in [1.165, 1.54) is 5.69 Å². The Morgan fingerprint density at radius 1 is 1.04 bits per heavy atom. The third kappa shape index (κ3) is 3.92. The molecule has 1 amide bonds. The number of anilines is 2. The van der Waals surface area contributed by atoms with E-state index in [1.807, 2.05) is 43.3 Å². The third-order valence-corrected chi connectivity index (χ3v) is 5.13. The van der Waals surface area contributed by atoms with E-state index in [0.29, 0.717) is 5.69 Å². The number of benzene rings is 2. The molecule has 0 spiro atoms. The molecule has 144 valence electrons. The van der Waals surface area contributed by atoms with Crippen LogP contribution in [0.1, 0.15) is 16.1 Å². The number of hydrogen-bond donors (Lipinski definition) is 1. The smallest absolute Gasteiger partial charge is 0.294 e. The molecule has 0 saturated carbocycles. The van der Waals surface area contributed by atoms with Crippen LogP contribution < -0.4 is 10.2 Å². The fourth-order valence-electron chi connectivity index (χ4n) is 3.36. The first-order valence-electron chi connectivity index (χ1n) is 9.48. The van der Waals surface area contributed by atoms with E-state index in [9.17, 15) is 4.79 Å². The molecule has 1 N–H and O–H groups in total. The average Bonchev–Trinajstić information content (AvgIpc) is 3.21. The van der Waals surface area contributed by atoms with Gasteiger partial charge in [0, 0.05) is 49.2 Å². The van der Waals surface area contributed by atoms with Crippen molar-refractivity contribution in [2.45, 2.75) is 6.92 Å². The Morgan fingerprint density at radius 2 is 1.79 bits per heavy atom. The monoisotopic (exact) mass is 376 g/mol. The first-order chi connectivity index (χ1) is 13.6. The van der Waals surface area contributed by atoms with Gasteiger partial charge >= 0.3 is 0 Å². The van der Waals surface area contributed by atoms with Crippen molar-refractivity contribution in [2.75, 3.05) is 43.4 Å². The molecule has 1 aliphatic rings. The van der Waals surface area contributed by atoms with E-state index in [-0.39, 0.29) is 11.7 Å². The van der Waals surface area contributed by atoms with Crippen LogP contribution in [-0.2, 0) is 0 Å². The Balaban J connectivity index is 1.45. The van der Waals surface area contributed by atoms with Crippen molar-refractivity contribution < 1.29 is 9.32 Å². The van der Waals surface area contributed by atoms with Gasteiger partial charge in [-0.15, -0.1) is 0 Å². The average molecular weight is 376 g/mol. The first-order valence-corrected chi connectivity index (χ1v) is 9.48. The summed E-state index contributed by atoms with van der Waals surface area (Å²) in [6.07, 6.45) is 0. The lowest BCUT2D eigenvalue weighted by molar-refractivity contribution is 0.0988. The van der Waals surface area contributed by atoms with Gasteiger partial charge in [-0.05, 0) is 37.7 Å². The van der Waals surface area contributed by atoms with Crippen molar-refractivity contribution in [3.8, 4) is 11.3 Å². The van der Waals surface area contributed by atoms with Gasteiger partial charge in [0.25, 0.3) is 5.91 Å². The summed E-state index contributed by atoms with van der Waals surface area (Å²) in [5.41, 5.74) is 4.55. The highest BCUT2D eigenvalue weighted by Crippen LogP contribution is 2.25. The maximum absolute atomic E-state index is 12.6. The van der Waals surface area contributed by atoms with Crippen LogP contribution in [0.15, 0.2) is 59.1 Å². The second-order valence-corrected chi connectivity index (χ2v) is 7.19. The van der Waals surface area contributed by atoms with E-state index in [0.717, 1.165) is 43.0 Å². The van der Waals surface area contributed by atoms with E-state index in [2.05, 4.69) is 39.5 Å². The second kappa shape index (κ2) is 7.86. The number of aryl methyl sites for hydroxylation is 1. The maximum atomic E-state index is 12.6. The summed E-state index contributed by atoms with van der Waals surface area (Å²) < 4.78 is 5.25. The van der Waals surface area contributed by atoms with Gasteiger partial charge in [0.15, 0.2) is 0 Å². The molecule has 1 aliphatic heterocycles. The highest BCUT2D eigenvalue weighted by Gasteiger charge is 2.17. The Morgan fingerprint density at radius 3 is 2.50 bits per heavy atom. The van der Waals surface area contributed by atoms with E-state index < -0.39 is 0 Å². The molecule has 0 radical (unpaired) electrons. The summed E-state index contributed by atoms with van der Waals surface area (Å²) in [4.78, 5) is 17.3. The minimum Gasteiger partial charge on any atom is -0.369 e. The van der Waals surface area contributed by atoms with Crippen molar-refractivity contribution in [3.63, 3.8) is 0 Å². The molecule has 3 aromatic rings. The maximum Gasteiger partial charge on any atom is 0.294 e. The first kappa shape index (κ1) is 18.3. The molecule has 4 rings (SSSR count). The van der Waals surface area contributed by atoms with Crippen LogP contribution >= 0.6 is 0 Å². The van der Waals surface area contributed by atoms with Crippen molar-refractivity contribution in [1.82, 2.24) is 10.1 Å². The van der Waals surface area contributed by atoms with Crippen LogP contribution in [-0.4, -0.2) is 49.2 Å². The second-order valence-electron chi connectivity index (χ2n) is 7.19. The highest BCUT2D eigenvalue weighted by molar-refractivity contribution is 6.03. The van der Waals surface area contributed by atoms with Crippen molar-refractivity contribution in [2.24, 2.45) is 0 Å². The quantitative estimate of drug-likeness (QED) is 0.753. The summed E-state index contributed by atoms with van der Waals surface area (Å²) in [5, 5.41) is 6.94. The lowest BCUT2D eigenvalue weighted by Gasteiger charge is -2.34. The Bertz CT molecular complexity index is 960. The van der Waals surface area contributed by atoms with Crippen LogP contribution in [0, 0.1) is 6.92 Å². The number of aromatic nitrogens is 1. The fourth-order valence-corrected chi connectivity index (χ4v) is 3.36. The molecule has 2 heterocycles. The van der Waals surface area contributed by atoms with E-state index >= 15 is 0 Å². The van der Waals surface area contributed by atoms with Gasteiger partial charge < -0.3 is 19.6 Å². The fraction of sp³-hybridized carbons (Fsp3) is 0.273. The van der Waals surface area contributed by atoms with Gasteiger partial charge in [0.1, 0.15) is 5.69 Å². The number of nitrogens with one attached hydrogen (secondary N) is 1. The summed E-state index contributed by atoms with van der Waals surface area (Å²) in [6.45, 7) is 6.16. The van der Waals surface area contributed by atoms with Crippen LogP contribution in [0.3, 0.4) is 0 Å². The number of nitrogens with zero attached hydrogens (tertiary/aromatic N) is 3. The number of rotatable bonds is 4. The Labute approximate surface area is 164 Å². The molecule has 1 aromatic heterocycles. The number of carbonyl (C=O) groups excluding carboxylic acids is 1. The summed E-state index contributed by atoms with van der Waals surface area (Å²) in [6, 6.07) is 17.5. The molecule has 1 saturated heterocycles. The molecular weight excluding hydrogens is 352 g/mol. The largest absolute Gasteiger partial charge is 0.369 e. The molecule has 0 atom stereocenters. The van der Waals surface area contributed by atoms with Gasteiger partial charge in [-0.1, -0.05) is 35.5 Å². The van der Waals surface area contributed by atoms with Crippen LogP contribution in [0.5, 0.6) is 0 Å². The van der Waals surface area contributed by atoms with Crippen LogP contribution in [0.25, 0.3) is 11.3 Å². The predicted molar refractivity (Wildman–Crippen MR) is 111 cm³/mol. The number of hydrogen-bond acceptors (Lipinski definition) is 5.